The zero-order valence-corrected chi connectivity index (χ0v) is 16.6. The van der Waals surface area contributed by atoms with Crippen molar-refractivity contribution < 1.29 is 13.2 Å². The van der Waals surface area contributed by atoms with Gasteiger partial charge < -0.3 is 4.90 Å². The molecule has 0 spiro atoms. The van der Waals surface area contributed by atoms with E-state index in [9.17, 15) is 13.2 Å². The molecule has 0 N–H and O–H groups in total. The number of nitrogens with zero attached hydrogens (tertiary/aromatic N) is 3. The van der Waals surface area contributed by atoms with Crippen LogP contribution >= 0.6 is 0 Å². The third-order valence-corrected chi connectivity index (χ3v) is 7.31. The monoisotopic (exact) mass is 399 g/mol. The highest BCUT2D eigenvalue weighted by Crippen LogP contribution is 2.27. The third-order valence-electron chi connectivity index (χ3n) is 5.46. The van der Waals surface area contributed by atoms with E-state index in [0.717, 1.165) is 24.2 Å². The third kappa shape index (κ3) is 4.11. The summed E-state index contributed by atoms with van der Waals surface area (Å²) in [5.41, 5.74) is 3.03. The van der Waals surface area contributed by atoms with Crippen molar-refractivity contribution in [3.63, 3.8) is 0 Å². The van der Waals surface area contributed by atoms with Gasteiger partial charge in [0.1, 0.15) is 0 Å². The first kappa shape index (κ1) is 19.1. The van der Waals surface area contributed by atoms with Crippen LogP contribution in [0.25, 0.3) is 0 Å². The first-order valence-electron chi connectivity index (χ1n) is 9.65. The molecule has 7 heteroatoms. The van der Waals surface area contributed by atoms with Gasteiger partial charge in [-0.15, -0.1) is 0 Å². The number of sulfonamides is 1. The minimum absolute atomic E-state index is 0.0251. The Balaban J connectivity index is 1.31. The van der Waals surface area contributed by atoms with E-state index >= 15 is 0 Å². The van der Waals surface area contributed by atoms with Gasteiger partial charge in [-0.1, -0.05) is 48.5 Å². The van der Waals surface area contributed by atoms with E-state index in [1.54, 1.807) is 4.31 Å². The van der Waals surface area contributed by atoms with E-state index in [0.29, 0.717) is 32.7 Å². The lowest BCUT2D eigenvalue weighted by Gasteiger charge is -2.34. The highest BCUT2D eigenvalue weighted by Gasteiger charge is 2.30. The van der Waals surface area contributed by atoms with Gasteiger partial charge >= 0.3 is 0 Å². The molecule has 0 aromatic heterocycles. The van der Waals surface area contributed by atoms with Crippen molar-refractivity contribution in [2.24, 2.45) is 0 Å². The Hall–Kier alpha value is -2.22. The van der Waals surface area contributed by atoms with Crippen LogP contribution in [0.4, 0.5) is 5.69 Å². The zero-order valence-electron chi connectivity index (χ0n) is 15.8. The molecule has 1 amide bonds. The summed E-state index contributed by atoms with van der Waals surface area (Å²) in [5.74, 6) is 0.114. The highest BCUT2D eigenvalue weighted by atomic mass is 32.2. The number of carbonyl (C=O) groups excluding carboxylic acids is 1. The van der Waals surface area contributed by atoms with Gasteiger partial charge in [-0.25, -0.2) is 8.42 Å². The number of anilines is 1. The van der Waals surface area contributed by atoms with Gasteiger partial charge in [0.2, 0.25) is 15.9 Å². The zero-order chi connectivity index (χ0) is 19.6. The van der Waals surface area contributed by atoms with Crippen LogP contribution in [0.15, 0.2) is 54.6 Å². The lowest BCUT2D eigenvalue weighted by Crippen LogP contribution is -2.51. The molecule has 1 fully saturated rings. The van der Waals surface area contributed by atoms with Crippen LogP contribution in [0.3, 0.4) is 0 Å². The van der Waals surface area contributed by atoms with Crippen molar-refractivity contribution in [3.05, 3.63) is 65.7 Å². The number of para-hydroxylation sites is 1. The second-order valence-electron chi connectivity index (χ2n) is 7.34. The Morgan fingerprint density at radius 2 is 1.54 bits per heavy atom. The topological polar surface area (TPSA) is 60.9 Å². The van der Waals surface area contributed by atoms with E-state index in [1.165, 1.54) is 5.56 Å². The average molecular weight is 400 g/mol. The van der Waals surface area contributed by atoms with E-state index < -0.39 is 10.0 Å². The minimum atomic E-state index is -3.33. The number of amides is 1. The first-order valence-corrected chi connectivity index (χ1v) is 11.3. The van der Waals surface area contributed by atoms with Crippen LogP contribution in [0.1, 0.15) is 11.1 Å². The molecule has 2 aromatic carbocycles. The summed E-state index contributed by atoms with van der Waals surface area (Å²) in [7, 11) is -3.33. The Labute approximate surface area is 166 Å². The molecule has 28 heavy (non-hydrogen) atoms. The SMILES string of the molecule is O=C(CN1CCN(S(=O)(=O)Cc2ccccc2)CC1)N1CCc2ccccc21. The van der Waals surface area contributed by atoms with Crippen LogP contribution in [0.5, 0.6) is 0 Å². The van der Waals surface area contributed by atoms with Crippen molar-refractivity contribution in [3.8, 4) is 0 Å². The molecule has 0 unspecified atom stereocenters. The fourth-order valence-electron chi connectivity index (χ4n) is 3.92. The molecule has 148 valence electrons. The van der Waals surface area contributed by atoms with Crippen LogP contribution in [0.2, 0.25) is 0 Å². The van der Waals surface area contributed by atoms with Crippen molar-refractivity contribution in [1.29, 1.82) is 0 Å². The molecule has 0 aliphatic carbocycles. The quantitative estimate of drug-likeness (QED) is 0.768. The fourth-order valence-corrected chi connectivity index (χ4v) is 5.43. The maximum Gasteiger partial charge on any atom is 0.241 e. The van der Waals surface area contributed by atoms with Crippen LogP contribution < -0.4 is 4.90 Å². The molecule has 0 atom stereocenters. The molecule has 6 nitrogen and oxygen atoms in total. The first-order chi connectivity index (χ1) is 13.5. The summed E-state index contributed by atoms with van der Waals surface area (Å²) in [6.45, 7) is 3.08. The molecule has 2 aliphatic heterocycles. The number of benzene rings is 2. The van der Waals surface area contributed by atoms with Crippen molar-refractivity contribution in [1.82, 2.24) is 9.21 Å². The van der Waals surface area contributed by atoms with Gasteiger partial charge in [0.05, 0.1) is 12.3 Å². The van der Waals surface area contributed by atoms with E-state index in [4.69, 9.17) is 0 Å². The second kappa shape index (κ2) is 8.03. The molecule has 0 bridgehead atoms. The van der Waals surface area contributed by atoms with Crippen LogP contribution in [-0.4, -0.2) is 62.8 Å². The standard InChI is InChI=1S/C21H25N3O3S/c25-21(24-11-10-19-8-4-5-9-20(19)24)16-22-12-14-23(15-13-22)28(26,27)17-18-6-2-1-3-7-18/h1-9H,10-17H2. The largest absolute Gasteiger partial charge is 0.311 e. The maximum absolute atomic E-state index is 12.7. The van der Waals surface area contributed by atoms with Gasteiger partial charge in [-0.2, -0.15) is 4.31 Å². The van der Waals surface area contributed by atoms with Gasteiger partial charge in [-0.3, -0.25) is 9.69 Å². The number of piperazine rings is 1. The predicted octanol–water partition coefficient (Wildman–Crippen LogP) is 1.72. The summed E-state index contributed by atoms with van der Waals surface area (Å²) in [6.07, 6.45) is 0.896. The molecule has 1 saturated heterocycles. The molecule has 2 heterocycles. The molecular formula is C21H25N3O3S. The predicted molar refractivity (Wildman–Crippen MR) is 110 cm³/mol. The molecule has 0 saturated carbocycles. The highest BCUT2D eigenvalue weighted by molar-refractivity contribution is 7.88. The normalized spacial score (nSPS) is 18.2. The van der Waals surface area contributed by atoms with E-state index in [1.807, 2.05) is 53.4 Å². The fraction of sp³-hybridized carbons (Fsp3) is 0.381. The number of carbonyl (C=O) groups is 1. The second-order valence-corrected chi connectivity index (χ2v) is 9.31. The summed E-state index contributed by atoms with van der Waals surface area (Å²) in [4.78, 5) is 16.7. The lowest BCUT2D eigenvalue weighted by atomic mass is 10.2. The summed E-state index contributed by atoms with van der Waals surface area (Å²) < 4.78 is 26.9. The smallest absolute Gasteiger partial charge is 0.241 e. The summed E-state index contributed by atoms with van der Waals surface area (Å²) in [5, 5.41) is 0. The lowest BCUT2D eigenvalue weighted by molar-refractivity contribution is -0.119. The van der Waals surface area contributed by atoms with E-state index in [-0.39, 0.29) is 11.7 Å². The summed E-state index contributed by atoms with van der Waals surface area (Å²) >= 11 is 0. The number of hydrogen-bond acceptors (Lipinski definition) is 4. The average Bonchev–Trinajstić information content (AvgIpc) is 3.13. The molecule has 0 radical (unpaired) electrons. The minimum Gasteiger partial charge on any atom is -0.311 e. The molecule has 4 rings (SSSR count). The van der Waals surface area contributed by atoms with Gasteiger partial charge in [0, 0.05) is 38.4 Å². The molecular weight excluding hydrogens is 374 g/mol. The number of hydrogen-bond donors (Lipinski definition) is 0. The molecule has 2 aromatic rings. The van der Waals surface area contributed by atoms with Crippen molar-refractivity contribution in [2.75, 3.05) is 44.2 Å². The Kier molecular flexibility index (Phi) is 5.48. The Morgan fingerprint density at radius 3 is 2.29 bits per heavy atom. The van der Waals surface area contributed by atoms with Gasteiger partial charge in [0.25, 0.3) is 0 Å². The van der Waals surface area contributed by atoms with Crippen LogP contribution in [0, 0.1) is 0 Å². The van der Waals surface area contributed by atoms with Gasteiger partial charge in [-0.05, 0) is 23.6 Å². The van der Waals surface area contributed by atoms with Gasteiger partial charge in [0.15, 0.2) is 0 Å². The van der Waals surface area contributed by atoms with Crippen molar-refractivity contribution >= 4 is 21.6 Å². The maximum atomic E-state index is 12.7. The number of fused-ring (bicyclic) bond motifs is 1. The van der Waals surface area contributed by atoms with Crippen molar-refractivity contribution in [2.45, 2.75) is 12.2 Å². The number of rotatable bonds is 5. The molecule has 2 aliphatic rings. The Bertz CT molecular complexity index is 938. The van der Waals surface area contributed by atoms with E-state index in [2.05, 4.69) is 11.0 Å². The van der Waals surface area contributed by atoms with Crippen LogP contribution in [-0.2, 0) is 27.0 Å². The summed E-state index contributed by atoms with van der Waals surface area (Å²) in [6, 6.07) is 17.3. The Morgan fingerprint density at radius 1 is 0.857 bits per heavy atom.